The first-order chi connectivity index (χ1) is 8.34. The zero-order chi connectivity index (χ0) is 11.9. The Morgan fingerprint density at radius 3 is 2.82 bits per heavy atom. The predicted octanol–water partition coefficient (Wildman–Crippen LogP) is 2.26. The van der Waals surface area contributed by atoms with Crippen LogP contribution < -0.4 is 5.32 Å². The summed E-state index contributed by atoms with van der Waals surface area (Å²) in [5.41, 5.74) is 1.04. The number of esters is 1. The summed E-state index contributed by atoms with van der Waals surface area (Å²) in [5.74, 6) is -0.103. The summed E-state index contributed by atoms with van der Waals surface area (Å²) in [6, 6.07) is 10.1. The van der Waals surface area contributed by atoms with Crippen LogP contribution in [-0.2, 0) is 16.1 Å². The first-order valence-corrected chi connectivity index (χ1v) is 6.27. The first kappa shape index (κ1) is 12.1. The number of rotatable bonds is 4. The van der Waals surface area contributed by atoms with Gasteiger partial charge in [0.05, 0.1) is 6.42 Å². The molecule has 1 aromatic carbocycles. The van der Waals surface area contributed by atoms with Gasteiger partial charge in [0.2, 0.25) is 0 Å². The maximum Gasteiger partial charge on any atom is 0.307 e. The second-order valence-corrected chi connectivity index (χ2v) is 4.50. The molecule has 0 spiro atoms. The molecule has 0 saturated carbocycles. The highest BCUT2D eigenvalue weighted by atomic mass is 16.5. The van der Waals surface area contributed by atoms with E-state index in [1.54, 1.807) is 0 Å². The van der Waals surface area contributed by atoms with E-state index in [4.69, 9.17) is 4.74 Å². The molecule has 1 fully saturated rings. The van der Waals surface area contributed by atoms with Gasteiger partial charge in [-0.2, -0.15) is 0 Å². The van der Waals surface area contributed by atoms with Crippen LogP contribution >= 0.6 is 0 Å². The first-order valence-electron chi connectivity index (χ1n) is 6.27. The van der Waals surface area contributed by atoms with Crippen LogP contribution in [0, 0.1) is 0 Å². The largest absolute Gasteiger partial charge is 0.461 e. The third-order valence-corrected chi connectivity index (χ3v) is 3.07. The molecule has 1 aliphatic rings. The normalized spacial score (nSPS) is 19.9. The second kappa shape index (κ2) is 6.40. The third kappa shape index (κ3) is 4.19. The molecule has 1 aromatic rings. The van der Waals surface area contributed by atoms with Crippen molar-refractivity contribution in [1.29, 1.82) is 0 Å². The van der Waals surface area contributed by atoms with E-state index in [1.165, 1.54) is 12.8 Å². The molecule has 2 rings (SSSR count). The molecular weight excluding hydrogens is 214 g/mol. The Morgan fingerprint density at radius 1 is 1.29 bits per heavy atom. The minimum atomic E-state index is -0.103. The van der Waals surface area contributed by atoms with Crippen molar-refractivity contribution in [2.75, 3.05) is 6.54 Å². The maximum atomic E-state index is 11.6. The number of ether oxygens (including phenoxy) is 1. The molecule has 17 heavy (non-hydrogen) atoms. The molecule has 0 aromatic heterocycles. The van der Waals surface area contributed by atoms with E-state index < -0.39 is 0 Å². The number of hydrogen-bond donors (Lipinski definition) is 1. The number of carbonyl (C=O) groups is 1. The van der Waals surface area contributed by atoms with Gasteiger partial charge < -0.3 is 10.1 Å². The van der Waals surface area contributed by atoms with E-state index in [0.29, 0.717) is 19.1 Å². The highest BCUT2D eigenvalue weighted by molar-refractivity contribution is 5.70. The Kier molecular flexibility index (Phi) is 4.56. The van der Waals surface area contributed by atoms with Crippen LogP contribution in [0.1, 0.15) is 31.2 Å². The molecule has 0 amide bonds. The summed E-state index contributed by atoms with van der Waals surface area (Å²) >= 11 is 0. The lowest BCUT2D eigenvalue weighted by molar-refractivity contribution is -0.145. The van der Waals surface area contributed by atoms with Crippen molar-refractivity contribution in [1.82, 2.24) is 5.32 Å². The quantitative estimate of drug-likeness (QED) is 0.811. The van der Waals surface area contributed by atoms with Gasteiger partial charge in [-0.15, -0.1) is 0 Å². The van der Waals surface area contributed by atoms with Gasteiger partial charge in [0.25, 0.3) is 0 Å². The van der Waals surface area contributed by atoms with E-state index in [9.17, 15) is 4.79 Å². The van der Waals surface area contributed by atoms with Gasteiger partial charge in [-0.1, -0.05) is 36.8 Å². The standard InChI is InChI=1S/C14H19NO2/c16-14(10-13-8-4-5-9-15-13)17-11-12-6-2-1-3-7-12/h1-3,6-7,13,15H,4-5,8-11H2/t13-/m1/s1. The molecule has 1 atom stereocenters. The van der Waals surface area contributed by atoms with E-state index >= 15 is 0 Å². The molecule has 3 heteroatoms. The molecule has 0 aliphatic carbocycles. The van der Waals surface area contributed by atoms with Crippen LogP contribution in [0.3, 0.4) is 0 Å². The smallest absolute Gasteiger partial charge is 0.307 e. The average molecular weight is 233 g/mol. The highest BCUT2D eigenvalue weighted by Crippen LogP contribution is 2.11. The lowest BCUT2D eigenvalue weighted by Gasteiger charge is -2.22. The van der Waals surface area contributed by atoms with E-state index in [-0.39, 0.29) is 5.97 Å². The Hall–Kier alpha value is -1.35. The summed E-state index contributed by atoms with van der Waals surface area (Å²) in [6.45, 7) is 1.41. The Bertz CT molecular complexity index is 344. The summed E-state index contributed by atoms with van der Waals surface area (Å²) in [4.78, 5) is 11.6. The monoisotopic (exact) mass is 233 g/mol. The third-order valence-electron chi connectivity index (χ3n) is 3.07. The van der Waals surface area contributed by atoms with Gasteiger partial charge in [-0.25, -0.2) is 0 Å². The number of nitrogens with one attached hydrogen (secondary N) is 1. The molecule has 0 unspecified atom stereocenters. The molecule has 1 aliphatic heterocycles. The molecule has 1 saturated heterocycles. The zero-order valence-corrected chi connectivity index (χ0v) is 10.0. The fourth-order valence-corrected chi connectivity index (χ4v) is 2.10. The maximum absolute atomic E-state index is 11.6. The van der Waals surface area contributed by atoms with Gasteiger partial charge in [0, 0.05) is 6.04 Å². The summed E-state index contributed by atoms with van der Waals surface area (Å²) in [6.07, 6.45) is 4.01. The van der Waals surface area contributed by atoms with Gasteiger partial charge in [0.1, 0.15) is 6.61 Å². The van der Waals surface area contributed by atoms with Crippen molar-refractivity contribution < 1.29 is 9.53 Å². The van der Waals surface area contributed by atoms with Gasteiger partial charge in [-0.3, -0.25) is 4.79 Å². The Labute approximate surface area is 102 Å². The number of hydrogen-bond acceptors (Lipinski definition) is 3. The molecule has 3 nitrogen and oxygen atoms in total. The molecule has 1 heterocycles. The number of piperidine rings is 1. The molecule has 0 radical (unpaired) electrons. The SMILES string of the molecule is O=C(C[C@H]1CCCCN1)OCc1ccccc1. The minimum Gasteiger partial charge on any atom is -0.461 e. The van der Waals surface area contributed by atoms with Crippen LogP contribution in [-0.4, -0.2) is 18.6 Å². The van der Waals surface area contributed by atoms with Crippen molar-refractivity contribution in [3.8, 4) is 0 Å². The van der Waals surface area contributed by atoms with Gasteiger partial charge >= 0.3 is 5.97 Å². The van der Waals surface area contributed by atoms with Crippen LogP contribution in [0.5, 0.6) is 0 Å². The summed E-state index contributed by atoms with van der Waals surface area (Å²) in [7, 11) is 0. The molecule has 92 valence electrons. The lowest BCUT2D eigenvalue weighted by atomic mass is 10.0. The lowest BCUT2D eigenvalue weighted by Crippen LogP contribution is -2.36. The van der Waals surface area contributed by atoms with E-state index in [0.717, 1.165) is 18.5 Å². The number of carbonyl (C=O) groups excluding carboxylic acids is 1. The fourth-order valence-electron chi connectivity index (χ4n) is 2.10. The average Bonchev–Trinajstić information content (AvgIpc) is 2.39. The summed E-state index contributed by atoms with van der Waals surface area (Å²) < 4.78 is 5.25. The van der Waals surface area contributed by atoms with E-state index in [1.807, 2.05) is 30.3 Å². The van der Waals surface area contributed by atoms with Crippen molar-refractivity contribution in [3.63, 3.8) is 0 Å². The van der Waals surface area contributed by atoms with Gasteiger partial charge in [-0.05, 0) is 24.9 Å². The number of benzene rings is 1. The minimum absolute atomic E-state index is 0.103. The Balaban J connectivity index is 1.70. The van der Waals surface area contributed by atoms with Crippen molar-refractivity contribution >= 4 is 5.97 Å². The van der Waals surface area contributed by atoms with Crippen LogP contribution in [0.25, 0.3) is 0 Å². The fraction of sp³-hybridized carbons (Fsp3) is 0.500. The van der Waals surface area contributed by atoms with Crippen molar-refractivity contribution in [2.24, 2.45) is 0 Å². The second-order valence-electron chi connectivity index (χ2n) is 4.50. The Morgan fingerprint density at radius 2 is 2.12 bits per heavy atom. The zero-order valence-electron chi connectivity index (χ0n) is 10.0. The highest BCUT2D eigenvalue weighted by Gasteiger charge is 2.16. The van der Waals surface area contributed by atoms with Crippen molar-refractivity contribution in [2.45, 2.75) is 38.3 Å². The molecule has 1 N–H and O–H groups in total. The summed E-state index contributed by atoms with van der Waals surface area (Å²) in [5, 5.41) is 3.35. The predicted molar refractivity (Wildman–Crippen MR) is 66.5 cm³/mol. The van der Waals surface area contributed by atoms with Crippen LogP contribution in [0.15, 0.2) is 30.3 Å². The topological polar surface area (TPSA) is 38.3 Å². The van der Waals surface area contributed by atoms with E-state index in [2.05, 4.69) is 5.32 Å². The molecular formula is C14H19NO2. The van der Waals surface area contributed by atoms with Crippen LogP contribution in [0.2, 0.25) is 0 Å². The van der Waals surface area contributed by atoms with Gasteiger partial charge in [0.15, 0.2) is 0 Å². The van der Waals surface area contributed by atoms with Crippen molar-refractivity contribution in [3.05, 3.63) is 35.9 Å². The molecule has 0 bridgehead atoms. The van der Waals surface area contributed by atoms with Crippen LogP contribution in [0.4, 0.5) is 0 Å².